The van der Waals surface area contributed by atoms with E-state index in [4.69, 9.17) is 21.1 Å². The SMILES string of the molecule is CN1CCCn2c1nc1cc(-n3cnc4cc(-c5ccc(Cl)cc5)sc4c3=O)ccc12.CS(=O)(=O)O. The normalized spacial score (nSPS) is 13.5. The van der Waals surface area contributed by atoms with E-state index in [2.05, 4.69) is 21.5 Å². The molecule has 186 valence electrons. The van der Waals surface area contributed by atoms with Crippen LogP contribution in [0.15, 0.2) is 59.7 Å². The molecule has 1 N–H and O–H groups in total. The van der Waals surface area contributed by atoms with Gasteiger partial charge in [0.1, 0.15) is 11.0 Å². The van der Waals surface area contributed by atoms with Gasteiger partial charge in [-0.2, -0.15) is 8.42 Å². The number of fused-ring (bicyclic) bond motifs is 4. The molecular weight excluding hydrogens is 522 g/mol. The monoisotopic (exact) mass is 543 g/mol. The minimum atomic E-state index is -3.67. The predicted molar refractivity (Wildman–Crippen MR) is 144 cm³/mol. The van der Waals surface area contributed by atoms with Gasteiger partial charge in [-0.05, 0) is 48.4 Å². The number of aromatic nitrogens is 4. The number of imidazole rings is 1. The van der Waals surface area contributed by atoms with Gasteiger partial charge in [0.05, 0.1) is 28.5 Å². The second-order valence-corrected chi connectivity index (χ2v) is 11.5. The molecule has 5 aromatic rings. The zero-order valence-electron chi connectivity index (χ0n) is 19.4. The van der Waals surface area contributed by atoms with Crippen molar-refractivity contribution in [3.63, 3.8) is 0 Å². The van der Waals surface area contributed by atoms with Gasteiger partial charge < -0.3 is 9.47 Å². The lowest BCUT2D eigenvalue weighted by atomic mass is 10.2. The summed E-state index contributed by atoms with van der Waals surface area (Å²) in [6.07, 6.45) is 3.42. The standard InChI is InChI=1S/C23H18ClN5OS.CH4O3S/c1-27-9-2-10-28-19-8-7-16(11-17(19)26-23(27)28)29-13-25-18-12-20(31-21(18)22(29)30)14-3-5-15(24)6-4-14;1-5(2,3)4/h3-8,11-13H,2,9-10H2,1H3;1H3,(H,2,3,4). The van der Waals surface area contributed by atoms with E-state index in [1.165, 1.54) is 11.3 Å². The molecule has 36 heavy (non-hydrogen) atoms. The maximum Gasteiger partial charge on any atom is 0.275 e. The Labute approximate surface area is 216 Å². The molecule has 0 atom stereocenters. The van der Waals surface area contributed by atoms with Crippen LogP contribution in [0.1, 0.15) is 6.42 Å². The Morgan fingerprint density at radius 2 is 1.78 bits per heavy atom. The van der Waals surface area contributed by atoms with E-state index < -0.39 is 10.1 Å². The average Bonchev–Trinajstić information content (AvgIpc) is 3.41. The van der Waals surface area contributed by atoms with Crippen molar-refractivity contribution in [1.82, 2.24) is 19.1 Å². The molecule has 1 aliphatic heterocycles. The van der Waals surface area contributed by atoms with Crippen LogP contribution in [0.25, 0.3) is 37.4 Å². The van der Waals surface area contributed by atoms with Crippen LogP contribution in [-0.2, 0) is 16.7 Å². The first-order chi connectivity index (χ1) is 17.1. The first-order valence-corrected chi connectivity index (χ1v) is 14.0. The maximum atomic E-state index is 13.3. The van der Waals surface area contributed by atoms with Crippen LogP contribution in [0.5, 0.6) is 0 Å². The molecule has 0 saturated heterocycles. The lowest BCUT2D eigenvalue weighted by molar-refractivity contribution is 0.490. The highest BCUT2D eigenvalue weighted by molar-refractivity contribution is 7.85. The summed E-state index contributed by atoms with van der Waals surface area (Å²) in [5, 5.41) is 0.688. The Hall–Kier alpha value is -3.25. The Balaban J connectivity index is 0.000000489. The zero-order chi connectivity index (χ0) is 25.6. The number of rotatable bonds is 2. The maximum absolute atomic E-state index is 13.3. The Morgan fingerprint density at radius 1 is 1.06 bits per heavy atom. The van der Waals surface area contributed by atoms with E-state index in [1.807, 2.05) is 48.5 Å². The van der Waals surface area contributed by atoms with E-state index in [0.717, 1.165) is 52.6 Å². The predicted octanol–water partition coefficient (Wildman–Crippen LogP) is 4.46. The van der Waals surface area contributed by atoms with Gasteiger partial charge in [0.15, 0.2) is 0 Å². The first kappa shape index (κ1) is 24.4. The highest BCUT2D eigenvalue weighted by Crippen LogP contribution is 2.32. The molecule has 0 unspecified atom stereocenters. The number of anilines is 1. The minimum Gasteiger partial charge on any atom is -0.345 e. The molecule has 0 spiro atoms. The van der Waals surface area contributed by atoms with Crippen molar-refractivity contribution in [3.05, 3.63) is 70.2 Å². The van der Waals surface area contributed by atoms with Gasteiger partial charge in [-0.15, -0.1) is 11.3 Å². The van der Waals surface area contributed by atoms with E-state index >= 15 is 0 Å². The second kappa shape index (κ2) is 9.32. The van der Waals surface area contributed by atoms with E-state index in [1.54, 1.807) is 10.9 Å². The Morgan fingerprint density at radius 3 is 2.50 bits per heavy atom. The molecule has 0 saturated carbocycles. The first-order valence-electron chi connectivity index (χ1n) is 11.0. The zero-order valence-corrected chi connectivity index (χ0v) is 21.8. The number of nitrogens with zero attached hydrogens (tertiary/aromatic N) is 5. The summed E-state index contributed by atoms with van der Waals surface area (Å²) in [6.45, 7) is 1.97. The topological polar surface area (TPSA) is 110 Å². The highest BCUT2D eigenvalue weighted by Gasteiger charge is 2.19. The number of benzene rings is 2. The quantitative estimate of drug-likeness (QED) is 0.327. The molecule has 2 aromatic carbocycles. The number of halogens is 1. The largest absolute Gasteiger partial charge is 0.345 e. The number of hydrogen-bond donors (Lipinski definition) is 1. The van der Waals surface area contributed by atoms with Crippen LogP contribution in [0.4, 0.5) is 5.95 Å². The third-order valence-corrected chi connectivity index (χ3v) is 7.19. The van der Waals surface area contributed by atoms with Crippen LogP contribution in [0, 0.1) is 0 Å². The number of aryl methyl sites for hydroxylation is 1. The van der Waals surface area contributed by atoms with Crippen molar-refractivity contribution in [2.24, 2.45) is 0 Å². The molecule has 4 heterocycles. The fourth-order valence-electron chi connectivity index (χ4n) is 4.19. The summed E-state index contributed by atoms with van der Waals surface area (Å²) in [5.41, 5.74) is 4.40. The molecule has 0 aliphatic carbocycles. The summed E-state index contributed by atoms with van der Waals surface area (Å²) in [7, 11) is -1.60. The van der Waals surface area contributed by atoms with Crippen LogP contribution >= 0.6 is 22.9 Å². The van der Waals surface area contributed by atoms with Crippen LogP contribution in [-0.4, -0.2) is 51.9 Å². The Kier molecular flexibility index (Phi) is 6.33. The van der Waals surface area contributed by atoms with Crippen LogP contribution in [0.3, 0.4) is 0 Å². The summed E-state index contributed by atoms with van der Waals surface area (Å²) < 4.78 is 30.3. The molecule has 0 fully saturated rings. The minimum absolute atomic E-state index is 0.0735. The van der Waals surface area contributed by atoms with Gasteiger partial charge in [-0.25, -0.2) is 9.97 Å². The molecule has 0 bridgehead atoms. The van der Waals surface area contributed by atoms with Crippen molar-refractivity contribution < 1.29 is 13.0 Å². The second-order valence-electron chi connectivity index (χ2n) is 8.50. The molecule has 0 radical (unpaired) electrons. The van der Waals surface area contributed by atoms with Crippen LogP contribution < -0.4 is 10.5 Å². The molecule has 6 rings (SSSR count). The van der Waals surface area contributed by atoms with Crippen molar-refractivity contribution in [1.29, 1.82) is 0 Å². The van der Waals surface area contributed by atoms with Gasteiger partial charge in [-0.1, -0.05) is 23.7 Å². The average molecular weight is 544 g/mol. The fourth-order valence-corrected chi connectivity index (χ4v) is 5.36. The highest BCUT2D eigenvalue weighted by atomic mass is 35.5. The Bertz CT molecular complexity index is 1750. The van der Waals surface area contributed by atoms with Gasteiger partial charge in [0.25, 0.3) is 15.7 Å². The summed E-state index contributed by atoms with van der Waals surface area (Å²) in [6, 6.07) is 15.6. The third-order valence-electron chi connectivity index (χ3n) is 5.77. The smallest absolute Gasteiger partial charge is 0.275 e. The van der Waals surface area contributed by atoms with Crippen molar-refractivity contribution in [2.45, 2.75) is 13.0 Å². The van der Waals surface area contributed by atoms with Gasteiger partial charge in [0.2, 0.25) is 5.95 Å². The van der Waals surface area contributed by atoms with Gasteiger partial charge in [0, 0.05) is 30.0 Å². The summed E-state index contributed by atoms with van der Waals surface area (Å²) in [5.74, 6) is 0.977. The van der Waals surface area contributed by atoms with E-state index in [0.29, 0.717) is 21.5 Å². The fraction of sp³-hybridized carbons (Fsp3) is 0.208. The number of thiophene rings is 1. The molecular formula is C24H22ClN5O4S2. The van der Waals surface area contributed by atoms with Crippen molar-refractivity contribution in [3.8, 4) is 16.1 Å². The lowest BCUT2D eigenvalue weighted by Crippen LogP contribution is -2.28. The summed E-state index contributed by atoms with van der Waals surface area (Å²) >= 11 is 7.46. The van der Waals surface area contributed by atoms with E-state index in [9.17, 15) is 13.2 Å². The van der Waals surface area contributed by atoms with Crippen LogP contribution in [0.2, 0.25) is 5.02 Å². The molecule has 9 nitrogen and oxygen atoms in total. The molecule has 12 heteroatoms. The van der Waals surface area contributed by atoms with E-state index in [-0.39, 0.29) is 5.56 Å². The number of hydrogen-bond acceptors (Lipinski definition) is 7. The van der Waals surface area contributed by atoms with Gasteiger partial charge in [-0.3, -0.25) is 13.9 Å². The van der Waals surface area contributed by atoms with Crippen molar-refractivity contribution >= 4 is 60.3 Å². The summed E-state index contributed by atoms with van der Waals surface area (Å²) in [4.78, 5) is 25.8. The third kappa shape index (κ3) is 4.87. The lowest BCUT2D eigenvalue weighted by Gasteiger charge is -2.24. The molecule has 0 amide bonds. The molecule has 3 aromatic heterocycles. The van der Waals surface area contributed by atoms with Crippen molar-refractivity contribution in [2.75, 3.05) is 24.7 Å². The molecule has 1 aliphatic rings. The van der Waals surface area contributed by atoms with Gasteiger partial charge >= 0.3 is 0 Å².